The van der Waals surface area contributed by atoms with Gasteiger partial charge >= 0.3 is 5.97 Å². The van der Waals surface area contributed by atoms with Crippen molar-refractivity contribution < 1.29 is 9.53 Å². The number of fused-ring (bicyclic) bond motifs is 3. The zero-order valence-electron chi connectivity index (χ0n) is 14.4. The molecule has 24 heavy (non-hydrogen) atoms. The Bertz CT molecular complexity index is 750. The van der Waals surface area contributed by atoms with Crippen LogP contribution in [-0.2, 0) is 4.74 Å². The molecule has 0 radical (unpaired) electrons. The van der Waals surface area contributed by atoms with Gasteiger partial charge in [-0.3, -0.25) is 4.99 Å². The molecule has 1 fully saturated rings. The van der Waals surface area contributed by atoms with Crippen LogP contribution in [-0.4, -0.2) is 39.7 Å². The number of carbonyl (C=O) groups is 1. The predicted molar refractivity (Wildman–Crippen MR) is 97.1 cm³/mol. The zero-order valence-corrected chi connectivity index (χ0v) is 15.2. The van der Waals surface area contributed by atoms with Gasteiger partial charge in [0.05, 0.1) is 35.6 Å². The molecule has 1 N–H and O–H groups in total. The highest BCUT2D eigenvalue weighted by Gasteiger charge is 2.43. The molecule has 1 saturated carbocycles. The number of nitrogens with zero attached hydrogens (tertiary/aromatic N) is 2. The maximum absolute atomic E-state index is 12.3. The number of hydrogen-bond acceptors (Lipinski definition) is 5. The van der Waals surface area contributed by atoms with E-state index in [1.54, 1.807) is 11.8 Å². The van der Waals surface area contributed by atoms with Gasteiger partial charge in [0.15, 0.2) is 5.17 Å². The number of aromatic amines is 1. The lowest BCUT2D eigenvalue weighted by molar-refractivity contribution is 0.0525. The fourth-order valence-corrected chi connectivity index (χ4v) is 5.11. The van der Waals surface area contributed by atoms with E-state index in [1.807, 2.05) is 20.8 Å². The summed E-state index contributed by atoms with van der Waals surface area (Å²) in [6.45, 7) is 6.17. The zero-order chi connectivity index (χ0) is 16.8. The fraction of sp³-hybridized carbons (Fsp3) is 0.556. The molecule has 4 rings (SSSR count). The molecule has 0 saturated heterocycles. The number of esters is 1. The van der Waals surface area contributed by atoms with E-state index in [2.05, 4.69) is 15.3 Å². The highest BCUT2D eigenvalue weighted by molar-refractivity contribution is 8.16. The van der Waals surface area contributed by atoms with E-state index in [-0.39, 0.29) is 5.97 Å². The van der Waals surface area contributed by atoms with E-state index in [4.69, 9.17) is 9.73 Å². The molecule has 0 spiro atoms. The molecule has 3 heterocycles. The Hall–Kier alpha value is -1.69. The van der Waals surface area contributed by atoms with Gasteiger partial charge in [0.2, 0.25) is 0 Å². The minimum Gasteiger partial charge on any atom is -0.462 e. The van der Waals surface area contributed by atoms with Gasteiger partial charge in [-0.2, -0.15) is 0 Å². The van der Waals surface area contributed by atoms with Gasteiger partial charge in [0, 0.05) is 11.1 Å². The molecular formula is C18H23N3O2S. The number of H-pyrrole nitrogens is 1. The monoisotopic (exact) mass is 345 g/mol. The molecule has 2 aliphatic heterocycles. The predicted octanol–water partition coefficient (Wildman–Crippen LogP) is 3.84. The number of ether oxygens (including phenoxy) is 1. The van der Waals surface area contributed by atoms with Crippen molar-refractivity contribution in [3.05, 3.63) is 27.9 Å². The minimum atomic E-state index is -0.243. The third-order valence-corrected chi connectivity index (χ3v) is 6.07. The largest absolute Gasteiger partial charge is 0.462 e. The summed E-state index contributed by atoms with van der Waals surface area (Å²) in [5.41, 5.74) is 4.70. The Morgan fingerprint density at radius 2 is 2.21 bits per heavy atom. The first-order valence-electron chi connectivity index (χ1n) is 8.72. The summed E-state index contributed by atoms with van der Waals surface area (Å²) in [6.07, 6.45) is 4.94. The number of aromatic nitrogens is 1. The first-order valence-corrected chi connectivity index (χ1v) is 9.60. The molecule has 3 aliphatic rings. The van der Waals surface area contributed by atoms with Crippen LogP contribution < -0.4 is 0 Å². The molecule has 0 amide bonds. The lowest BCUT2D eigenvalue weighted by Crippen LogP contribution is -2.38. The highest BCUT2D eigenvalue weighted by atomic mass is 32.2. The summed E-state index contributed by atoms with van der Waals surface area (Å²) in [7, 11) is 0. The molecular weight excluding hydrogens is 322 g/mol. The Balaban J connectivity index is 1.69. The normalized spacial score (nSPS) is 25.2. The summed E-state index contributed by atoms with van der Waals surface area (Å²) >= 11 is 1.70. The van der Waals surface area contributed by atoms with Crippen molar-refractivity contribution >= 4 is 28.6 Å². The van der Waals surface area contributed by atoms with Gasteiger partial charge in [-0.1, -0.05) is 24.6 Å². The first kappa shape index (κ1) is 15.8. The Labute approximate surface area is 146 Å². The summed E-state index contributed by atoms with van der Waals surface area (Å²) in [4.78, 5) is 23.0. The molecule has 6 heteroatoms. The topological polar surface area (TPSA) is 57.7 Å². The van der Waals surface area contributed by atoms with Crippen molar-refractivity contribution in [2.24, 2.45) is 4.99 Å². The van der Waals surface area contributed by atoms with Gasteiger partial charge < -0.3 is 14.6 Å². The van der Waals surface area contributed by atoms with Crippen molar-refractivity contribution in [1.82, 2.24) is 9.88 Å². The van der Waals surface area contributed by atoms with Crippen LogP contribution >= 0.6 is 11.8 Å². The average Bonchev–Trinajstić information content (AvgIpc) is 3.19. The van der Waals surface area contributed by atoms with Crippen LogP contribution in [0.25, 0.3) is 5.70 Å². The number of carbonyl (C=O) groups excluding carboxylic acids is 1. The fourth-order valence-electron chi connectivity index (χ4n) is 4.12. The summed E-state index contributed by atoms with van der Waals surface area (Å²) in [5, 5.41) is 3.28. The second kappa shape index (κ2) is 5.99. The van der Waals surface area contributed by atoms with Gasteiger partial charge in [-0.05, 0) is 39.2 Å². The van der Waals surface area contributed by atoms with Crippen LogP contribution in [0.1, 0.15) is 59.9 Å². The van der Waals surface area contributed by atoms with E-state index in [1.165, 1.54) is 25.7 Å². The van der Waals surface area contributed by atoms with Crippen molar-refractivity contribution in [1.29, 1.82) is 0 Å². The van der Waals surface area contributed by atoms with E-state index in [0.717, 1.165) is 27.8 Å². The Morgan fingerprint density at radius 3 is 3.00 bits per heavy atom. The number of thioether (sulfide) groups is 1. The molecule has 0 bridgehead atoms. The quantitative estimate of drug-likeness (QED) is 0.846. The summed E-state index contributed by atoms with van der Waals surface area (Å²) < 4.78 is 5.22. The molecule has 0 unspecified atom stereocenters. The number of aryl methyl sites for hydroxylation is 1. The summed E-state index contributed by atoms with van der Waals surface area (Å²) in [6, 6.07) is 0.912. The van der Waals surface area contributed by atoms with Crippen LogP contribution in [0, 0.1) is 13.8 Å². The molecule has 1 aromatic heterocycles. The minimum absolute atomic E-state index is 0.243. The second-order valence-electron chi connectivity index (χ2n) is 6.67. The molecule has 1 aliphatic carbocycles. The van der Waals surface area contributed by atoms with Gasteiger partial charge in [-0.25, -0.2) is 4.79 Å². The van der Waals surface area contributed by atoms with E-state index >= 15 is 0 Å². The number of amidine groups is 1. The lowest BCUT2D eigenvalue weighted by Gasteiger charge is -2.31. The smallest absolute Gasteiger partial charge is 0.340 e. The maximum Gasteiger partial charge on any atom is 0.340 e. The number of hydrogen-bond donors (Lipinski definition) is 1. The van der Waals surface area contributed by atoms with Crippen LogP contribution in [0.15, 0.2) is 10.4 Å². The van der Waals surface area contributed by atoms with Gasteiger partial charge in [-0.15, -0.1) is 0 Å². The Morgan fingerprint density at radius 1 is 1.42 bits per heavy atom. The third kappa shape index (κ3) is 2.31. The van der Waals surface area contributed by atoms with Gasteiger partial charge in [0.25, 0.3) is 0 Å². The van der Waals surface area contributed by atoms with Crippen LogP contribution in [0.3, 0.4) is 0 Å². The third-order valence-electron chi connectivity index (χ3n) is 5.22. The van der Waals surface area contributed by atoms with E-state index in [0.29, 0.717) is 24.3 Å². The van der Waals surface area contributed by atoms with Crippen molar-refractivity contribution in [3.63, 3.8) is 0 Å². The van der Waals surface area contributed by atoms with Crippen LogP contribution in [0.2, 0.25) is 0 Å². The average molecular weight is 345 g/mol. The standard InChI is InChI=1S/C18H23N3O2S/c1-4-23-17(22)15-10(2)16(19-11(15)3)14-9-24-18-20-12-7-5-6-8-13(12)21(14)18/h9,12-13,19H,4-8H2,1-3H3/t12-,13-/m1/s1. The number of aliphatic imine (C=N–C) groups is 1. The summed E-state index contributed by atoms with van der Waals surface area (Å²) in [5.74, 6) is -0.243. The maximum atomic E-state index is 12.3. The molecule has 1 aromatic rings. The Kier molecular flexibility index (Phi) is 3.95. The lowest BCUT2D eigenvalue weighted by atomic mass is 9.90. The van der Waals surface area contributed by atoms with E-state index in [9.17, 15) is 4.79 Å². The molecule has 2 atom stereocenters. The van der Waals surface area contributed by atoms with Crippen molar-refractivity contribution in [2.45, 2.75) is 58.5 Å². The highest BCUT2D eigenvalue weighted by Crippen LogP contribution is 2.44. The molecule has 5 nitrogen and oxygen atoms in total. The molecule has 0 aromatic carbocycles. The van der Waals surface area contributed by atoms with Gasteiger partial charge in [0.1, 0.15) is 0 Å². The number of rotatable bonds is 3. The second-order valence-corrected chi connectivity index (χ2v) is 7.50. The first-order chi connectivity index (χ1) is 11.6. The molecule has 128 valence electrons. The van der Waals surface area contributed by atoms with Crippen LogP contribution in [0.4, 0.5) is 0 Å². The SMILES string of the molecule is CCOC(=O)c1c(C)[nH]c(C2=CSC3=N[C@@H]4CCCC[C@H]4N23)c1C. The van der Waals surface area contributed by atoms with E-state index < -0.39 is 0 Å². The van der Waals surface area contributed by atoms with Crippen molar-refractivity contribution in [3.8, 4) is 0 Å². The van der Waals surface area contributed by atoms with Crippen LogP contribution in [0.5, 0.6) is 0 Å². The number of nitrogens with one attached hydrogen (secondary N) is 1. The van der Waals surface area contributed by atoms with Crippen molar-refractivity contribution in [2.75, 3.05) is 6.61 Å².